The van der Waals surface area contributed by atoms with E-state index in [2.05, 4.69) is 97.1 Å². The van der Waals surface area contributed by atoms with Crippen molar-refractivity contribution in [3.63, 3.8) is 0 Å². The fourth-order valence-corrected chi connectivity index (χ4v) is 6.48. The van der Waals surface area contributed by atoms with Crippen LogP contribution in [0.25, 0.3) is 64.9 Å². The Morgan fingerprint density at radius 1 is 0.488 bits per heavy atom. The number of para-hydroxylation sites is 1. The van der Waals surface area contributed by atoms with Crippen LogP contribution < -0.4 is 0 Å². The van der Waals surface area contributed by atoms with Gasteiger partial charge in [-0.2, -0.15) is 15.5 Å². The van der Waals surface area contributed by atoms with Crippen LogP contribution in [0.3, 0.4) is 0 Å². The van der Waals surface area contributed by atoms with E-state index in [1.54, 1.807) is 6.07 Å². The summed E-state index contributed by atoms with van der Waals surface area (Å²) in [5, 5.41) is 22.6. The highest BCUT2D eigenvalue weighted by Crippen LogP contribution is 2.38. The van der Waals surface area contributed by atoms with Crippen LogP contribution in [-0.2, 0) is 0 Å². The molecule has 4 heteroatoms. The van der Waals surface area contributed by atoms with Crippen molar-refractivity contribution in [2.24, 2.45) is 0 Å². The van der Waals surface area contributed by atoms with Crippen molar-refractivity contribution in [3.05, 3.63) is 139 Å². The maximum atomic E-state index is 9.83. The Morgan fingerprint density at radius 3 is 1.85 bits per heavy atom. The lowest BCUT2D eigenvalue weighted by Gasteiger charge is -2.14. The van der Waals surface area contributed by atoms with Crippen molar-refractivity contribution in [1.82, 2.24) is 4.98 Å². The van der Waals surface area contributed by atoms with Crippen LogP contribution in [0, 0.1) is 22.7 Å². The molecule has 0 bridgehead atoms. The smallest absolute Gasteiger partial charge is 0.192 e. The van der Waals surface area contributed by atoms with Crippen LogP contribution in [0.2, 0.25) is 0 Å². The fraction of sp³-hybridized carbons (Fsp3) is 0. The zero-order valence-electron chi connectivity index (χ0n) is 21.9. The van der Waals surface area contributed by atoms with Crippen molar-refractivity contribution in [2.45, 2.75) is 0 Å². The molecule has 7 aromatic rings. The minimum atomic E-state index is 0.583. The van der Waals surface area contributed by atoms with E-state index in [1.165, 1.54) is 4.70 Å². The second-order valence-electron chi connectivity index (χ2n) is 9.92. The first-order valence-electron chi connectivity index (χ1n) is 13.3. The zero-order chi connectivity index (χ0) is 27.8. The Balaban J connectivity index is 1.31. The third-order valence-corrected chi connectivity index (χ3v) is 8.60. The van der Waals surface area contributed by atoms with Gasteiger partial charge in [-0.15, -0.1) is 0 Å². The van der Waals surface area contributed by atoms with Gasteiger partial charge in [0.15, 0.2) is 4.70 Å². The molecular formula is C37H22N3S+. The van der Waals surface area contributed by atoms with E-state index >= 15 is 0 Å². The Bertz CT molecular complexity index is 2140. The highest BCUT2D eigenvalue weighted by Gasteiger charge is 2.15. The third kappa shape index (κ3) is 4.53. The van der Waals surface area contributed by atoms with Crippen molar-refractivity contribution in [1.29, 1.82) is 10.5 Å². The van der Waals surface area contributed by atoms with Gasteiger partial charge in [-0.3, -0.25) is 0 Å². The number of fused-ring (bicyclic) bond motifs is 2. The molecule has 0 saturated heterocycles. The molecule has 190 valence electrons. The molecule has 7 rings (SSSR count). The van der Waals surface area contributed by atoms with E-state index in [0.29, 0.717) is 11.1 Å². The molecule has 0 atom stereocenters. The van der Waals surface area contributed by atoms with Crippen LogP contribution in [0.15, 0.2) is 127 Å². The first-order valence-corrected chi connectivity index (χ1v) is 14.2. The van der Waals surface area contributed by atoms with E-state index in [-0.39, 0.29) is 0 Å². The summed E-state index contributed by atoms with van der Waals surface area (Å²) < 4.78 is 1.24. The fourth-order valence-electron chi connectivity index (χ4n) is 5.42. The van der Waals surface area contributed by atoms with Gasteiger partial charge >= 0.3 is 0 Å². The number of hydrogen-bond acceptors (Lipinski definition) is 3. The predicted octanol–water partition coefficient (Wildman–Crippen LogP) is 9.59. The van der Waals surface area contributed by atoms with Crippen LogP contribution in [0.5, 0.6) is 0 Å². The Kier molecular flexibility index (Phi) is 6.10. The van der Waals surface area contributed by atoms with Gasteiger partial charge in [-0.25, -0.2) is 0 Å². The van der Waals surface area contributed by atoms with Gasteiger partial charge in [-0.1, -0.05) is 72.8 Å². The molecule has 41 heavy (non-hydrogen) atoms. The van der Waals surface area contributed by atoms with Crippen molar-refractivity contribution < 1.29 is 0 Å². The Labute approximate surface area is 241 Å². The highest BCUT2D eigenvalue weighted by atomic mass is 32.1. The molecule has 0 aliphatic carbocycles. The van der Waals surface area contributed by atoms with Gasteiger partial charge in [0, 0.05) is 6.07 Å². The molecule has 0 amide bonds. The second-order valence-corrected chi connectivity index (χ2v) is 11.1. The summed E-state index contributed by atoms with van der Waals surface area (Å²) >= 11 is 1.14. The van der Waals surface area contributed by atoms with Crippen LogP contribution >= 0.6 is 11.3 Å². The van der Waals surface area contributed by atoms with E-state index in [0.717, 1.165) is 71.6 Å². The maximum absolute atomic E-state index is 9.83. The Hall–Kier alpha value is -5.55. The summed E-state index contributed by atoms with van der Waals surface area (Å²) in [6.07, 6.45) is 0. The molecule has 0 radical (unpaired) electrons. The average Bonchev–Trinajstić information content (AvgIpc) is 3.49. The van der Waals surface area contributed by atoms with Gasteiger partial charge in [-0.05, 0) is 104 Å². The number of rotatable bonds is 4. The minimum absolute atomic E-state index is 0.583. The molecule has 0 aliphatic heterocycles. The lowest BCUT2D eigenvalue weighted by molar-refractivity contribution is 1.47. The third-order valence-electron chi connectivity index (χ3n) is 7.41. The molecule has 0 N–H and O–H groups in total. The molecule has 1 heterocycles. The van der Waals surface area contributed by atoms with Gasteiger partial charge in [0.2, 0.25) is 0 Å². The predicted molar refractivity (Wildman–Crippen MR) is 170 cm³/mol. The molecule has 1 aromatic heterocycles. The van der Waals surface area contributed by atoms with Crippen molar-refractivity contribution >= 4 is 32.3 Å². The standard InChI is InChI=1S/C37H21N3S/c38-22-24-6-5-7-28(18-24)29-19-25(23-39)20-30(21-29)32-17-16-31(33-8-1-2-9-34(32)33)26-12-14-27(15-13-26)37-40-35-10-3-4-11-36(35)41-37/h1-21H/p+1. The monoisotopic (exact) mass is 540 g/mol. The second kappa shape index (κ2) is 10.2. The molecule has 0 aliphatic rings. The summed E-state index contributed by atoms with van der Waals surface area (Å²) in [6, 6.07) is 47.6. The van der Waals surface area contributed by atoms with Gasteiger partial charge in [0.25, 0.3) is 5.01 Å². The van der Waals surface area contributed by atoms with E-state index in [4.69, 9.17) is 4.98 Å². The summed E-state index contributed by atoms with van der Waals surface area (Å²) in [7, 11) is 0. The first kappa shape index (κ1) is 24.5. The number of benzene rings is 6. The van der Waals surface area contributed by atoms with Crippen LogP contribution in [0.1, 0.15) is 11.1 Å². The average molecular weight is 541 g/mol. The minimum Gasteiger partial charge on any atom is -0.192 e. The largest absolute Gasteiger partial charge is 0.272 e. The molecule has 6 aromatic carbocycles. The molecule has 0 saturated carbocycles. The number of hydrogen-bond donors (Lipinski definition) is 0. The summed E-state index contributed by atoms with van der Waals surface area (Å²) in [5.74, 6) is 0. The first-order chi connectivity index (χ1) is 20.2. The summed E-state index contributed by atoms with van der Waals surface area (Å²) in [6.45, 7) is 0. The Morgan fingerprint density at radius 2 is 1.12 bits per heavy atom. The van der Waals surface area contributed by atoms with Gasteiger partial charge < -0.3 is 0 Å². The van der Waals surface area contributed by atoms with Gasteiger partial charge in [0.1, 0.15) is 5.52 Å². The zero-order valence-corrected chi connectivity index (χ0v) is 22.8. The van der Waals surface area contributed by atoms with Crippen LogP contribution in [-0.4, -0.2) is 4.98 Å². The van der Waals surface area contributed by atoms with Crippen molar-refractivity contribution in [2.75, 3.05) is 0 Å². The van der Waals surface area contributed by atoms with E-state index in [1.807, 2.05) is 36.4 Å². The number of aromatic nitrogens is 1. The molecule has 0 unspecified atom stereocenters. The molecule has 0 fully saturated rings. The lowest BCUT2D eigenvalue weighted by Crippen LogP contribution is -1.89. The quantitative estimate of drug-likeness (QED) is 0.209. The number of nitriles is 2. The SMILES string of the molecule is N#Cc1cccc(-c2cc(C#N)cc(-c3ccc(-c4ccc(-c5nc6ccccc6[sH+]5)cc4)c4ccccc34)c2)c1. The van der Waals surface area contributed by atoms with Crippen molar-refractivity contribution in [3.8, 4) is 56.1 Å². The normalized spacial score (nSPS) is 10.9. The van der Waals surface area contributed by atoms with Crippen LogP contribution in [0.4, 0.5) is 0 Å². The summed E-state index contributed by atoms with van der Waals surface area (Å²) in [5.41, 5.74) is 9.52. The van der Waals surface area contributed by atoms with E-state index in [9.17, 15) is 10.5 Å². The number of thiazole rings is 1. The lowest BCUT2D eigenvalue weighted by atomic mass is 9.90. The van der Waals surface area contributed by atoms with E-state index < -0.39 is 0 Å². The summed E-state index contributed by atoms with van der Waals surface area (Å²) in [4.78, 5) is 4.84. The highest BCUT2D eigenvalue weighted by molar-refractivity contribution is 7.21. The number of nitrogens with zero attached hydrogens (tertiary/aromatic N) is 3. The molecular weight excluding hydrogens is 518 g/mol. The van der Waals surface area contributed by atoms with Gasteiger partial charge in [0.05, 0.1) is 28.8 Å². The molecule has 0 spiro atoms. The topological polar surface area (TPSA) is 60.5 Å². The maximum Gasteiger partial charge on any atom is 0.272 e. The molecule has 3 nitrogen and oxygen atoms in total.